The molecule has 1 fully saturated rings. The maximum atomic E-state index is 12.1. The molecule has 0 unspecified atom stereocenters. The number of ether oxygens (including phenoxy) is 1. The number of nitrogens with zero attached hydrogens (tertiary/aromatic N) is 1. The Morgan fingerprint density at radius 3 is 2.64 bits per heavy atom. The summed E-state index contributed by atoms with van der Waals surface area (Å²) in [6, 6.07) is 6.74. The first-order valence-corrected chi connectivity index (χ1v) is 7.93. The number of amides is 1. The Labute approximate surface area is 132 Å². The van der Waals surface area contributed by atoms with Gasteiger partial charge in [-0.1, -0.05) is 0 Å². The summed E-state index contributed by atoms with van der Waals surface area (Å²) in [7, 11) is 0. The number of carbonyl (C=O) groups is 2. The third-order valence-corrected chi connectivity index (χ3v) is 4.20. The van der Waals surface area contributed by atoms with Crippen molar-refractivity contribution in [1.82, 2.24) is 4.98 Å². The van der Waals surface area contributed by atoms with E-state index in [4.69, 9.17) is 4.74 Å². The van der Waals surface area contributed by atoms with Crippen molar-refractivity contribution >= 4 is 28.2 Å². The number of benzene rings is 1. The van der Waals surface area contributed by atoms with Crippen LogP contribution in [0.1, 0.15) is 28.1 Å². The smallest absolute Gasteiger partial charge is 0.257 e. The highest BCUT2D eigenvalue weighted by Crippen LogP contribution is 2.30. The van der Waals surface area contributed by atoms with Gasteiger partial charge >= 0.3 is 0 Å². The van der Waals surface area contributed by atoms with E-state index in [2.05, 4.69) is 10.3 Å². The van der Waals surface area contributed by atoms with Gasteiger partial charge in [-0.2, -0.15) is 0 Å². The number of hydrogen-bond donors (Lipinski definition) is 1. The molecule has 1 amide bonds. The predicted octanol–water partition coefficient (Wildman–Crippen LogP) is 3.06. The van der Waals surface area contributed by atoms with E-state index < -0.39 is 0 Å². The summed E-state index contributed by atoms with van der Waals surface area (Å²) in [5.74, 6) is 0.735. The number of nitrogens with one attached hydrogen (secondary N) is 1. The van der Waals surface area contributed by atoms with Crippen LogP contribution in [-0.4, -0.2) is 23.3 Å². The van der Waals surface area contributed by atoms with Crippen molar-refractivity contribution in [3.05, 3.63) is 40.9 Å². The van der Waals surface area contributed by atoms with Gasteiger partial charge in [0.25, 0.3) is 5.91 Å². The quantitative estimate of drug-likeness (QED) is 0.889. The molecule has 0 saturated heterocycles. The third kappa shape index (κ3) is 3.71. The Morgan fingerprint density at radius 2 is 2.05 bits per heavy atom. The van der Waals surface area contributed by atoms with E-state index in [0.717, 1.165) is 17.7 Å². The fourth-order valence-electron chi connectivity index (χ4n) is 1.96. The van der Waals surface area contributed by atoms with Gasteiger partial charge in [0, 0.05) is 22.6 Å². The second-order valence-electron chi connectivity index (χ2n) is 5.28. The molecule has 0 aliphatic heterocycles. The Morgan fingerprint density at radius 1 is 1.32 bits per heavy atom. The van der Waals surface area contributed by atoms with Crippen LogP contribution in [0.15, 0.2) is 30.5 Å². The average Bonchev–Trinajstić information content (AvgIpc) is 3.29. The fourth-order valence-corrected chi connectivity index (χ4v) is 2.62. The SMILES string of the molecule is Cc1cnc(NC(=O)c2ccc(OCC(=O)C3CC3)cc2)s1. The average molecular weight is 316 g/mol. The first kappa shape index (κ1) is 14.7. The summed E-state index contributed by atoms with van der Waals surface area (Å²) in [5.41, 5.74) is 0.522. The molecule has 22 heavy (non-hydrogen) atoms. The molecule has 114 valence electrons. The number of aromatic nitrogens is 1. The second-order valence-corrected chi connectivity index (χ2v) is 6.52. The van der Waals surface area contributed by atoms with Gasteiger partial charge in [-0.3, -0.25) is 14.9 Å². The van der Waals surface area contributed by atoms with Gasteiger partial charge in [0.2, 0.25) is 0 Å². The minimum Gasteiger partial charge on any atom is -0.486 e. The Hall–Kier alpha value is -2.21. The molecule has 0 bridgehead atoms. The van der Waals surface area contributed by atoms with Crippen LogP contribution >= 0.6 is 11.3 Å². The molecule has 0 spiro atoms. The van der Waals surface area contributed by atoms with Crippen LogP contribution in [0.2, 0.25) is 0 Å². The minimum atomic E-state index is -0.213. The maximum absolute atomic E-state index is 12.1. The third-order valence-electron chi connectivity index (χ3n) is 3.37. The molecule has 1 heterocycles. The largest absolute Gasteiger partial charge is 0.486 e. The number of carbonyl (C=O) groups excluding carboxylic acids is 2. The minimum absolute atomic E-state index is 0.106. The molecule has 1 saturated carbocycles. The second kappa shape index (κ2) is 6.27. The summed E-state index contributed by atoms with van der Waals surface area (Å²) in [5, 5.41) is 3.33. The van der Waals surface area contributed by atoms with Crippen molar-refractivity contribution in [2.75, 3.05) is 11.9 Å². The van der Waals surface area contributed by atoms with Crippen LogP contribution in [0.25, 0.3) is 0 Å². The Kier molecular flexibility index (Phi) is 4.20. The summed E-state index contributed by atoms with van der Waals surface area (Å²) >= 11 is 1.43. The highest BCUT2D eigenvalue weighted by Gasteiger charge is 2.29. The first-order chi connectivity index (χ1) is 10.6. The lowest BCUT2D eigenvalue weighted by molar-refractivity contribution is -0.122. The molecule has 1 aromatic heterocycles. The van der Waals surface area contributed by atoms with E-state index >= 15 is 0 Å². The number of Topliss-reactive ketones (excluding diaryl/α,β-unsaturated/α-hetero) is 1. The lowest BCUT2D eigenvalue weighted by Crippen LogP contribution is -2.13. The molecule has 1 aromatic carbocycles. The monoisotopic (exact) mass is 316 g/mol. The number of rotatable bonds is 6. The summed E-state index contributed by atoms with van der Waals surface area (Å²) < 4.78 is 5.43. The predicted molar refractivity (Wildman–Crippen MR) is 84.5 cm³/mol. The molecular formula is C16H16N2O3S. The van der Waals surface area contributed by atoms with Crippen LogP contribution in [0.5, 0.6) is 5.75 Å². The maximum Gasteiger partial charge on any atom is 0.257 e. The molecule has 5 nitrogen and oxygen atoms in total. The topological polar surface area (TPSA) is 68.3 Å². The number of hydrogen-bond acceptors (Lipinski definition) is 5. The molecular weight excluding hydrogens is 300 g/mol. The van der Waals surface area contributed by atoms with Crippen molar-refractivity contribution in [1.29, 1.82) is 0 Å². The molecule has 6 heteroatoms. The highest BCUT2D eigenvalue weighted by atomic mass is 32.1. The van der Waals surface area contributed by atoms with Crippen LogP contribution in [-0.2, 0) is 4.79 Å². The van der Waals surface area contributed by atoms with Crippen molar-refractivity contribution in [2.24, 2.45) is 5.92 Å². The molecule has 0 radical (unpaired) electrons. The van der Waals surface area contributed by atoms with Crippen molar-refractivity contribution < 1.29 is 14.3 Å². The molecule has 0 atom stereocenters. The number of aryl methyl sites for hydroxylation is 1. The Balaban J connectivity index is 1.55. The molecule has 1 aliphatic rings. The van der Waals surface area contributed by atoms with E-state index in [9.17, 15) is 9.59 Å². The van der Waals surface area contributed by atoms with Gasteiger partial charge in [0.15, 0.2) is 10.9 Å². The summed E-state index contributed by atoms with van der Waals surface area (Å²) in [6.45, 7) is 2.04. The number of ketones is 1. The van der Waals surface area contributed by atoms with E-state index in [1.165, 1.54) is 11.3 Å². The summed E-state index contributed by atoms with van der Waals surface area (Å²) in [4.78, 5) is 28.8. The van der Waals surface area contributed by atoms with Crippen LogP contribution in [0.4, 0.5) is 5.13 Å². The zero-order chi connectivity index (χ0) is 15.5. The van der Waals surface area contributed by atoms with Gasteiger partial charge in [0.05, 0.1) is 0 Å². The first-order valence-electron chi connectivity index (χ1n) is 7.11. The lowest BCUT2D eigenvalue weighted by atomic mass is 10.2. The van der Waals surface area contributed by atoms with Crippen molar-refractivity contribution in [2.45, 2.75) is 19.8 Å². The fraction of sp³-hybridized carbons (Fsp3) is 0.312. The number of thiazole rings is 1. The van der Waals surface area contributed by atoms with Gasteiger partial charge < -0.3 is 4.74 Å². The molecule has 1 aliphatic carbocycles. The van der Waals surface area contributed by atoms with E-state index in [1.54, 1.807) is 30.5 Å². The van der Waals surface area contributed by atoms with Crippen LogP contribution in [0, 0.1) is 12.8 Å². The highest BCUT2D eigenvalue weighted by molar-refractivity contribution is 7.15. The molecule has 3 rings (SSSR count). The summed E-state index contributed by atoms with van der Waals surface area (Å²) in [6.07, 6.45) is 3.68. The lowest BCUT2D eigenvalue weighted by Gasteiger charge is -2.06. The van der Waals surface area contributed by atoms with Gasteiger partial charge in [-0.15, -0.1) is 11.3 Å². The van der Waals surface area contributed by atoms with E-state index in [-0.39, 0.29) is 24.2 Å². The van der Waals surface area contributed by atoms with Crippen LogP contribution < -0.4 is 10.1 Å². The Bertz CT molecular complexity index is 690. The standard InChI is InChI=1S/C16H16N2O3S/c1-10-8-17-16(22-10)18-15(20)12-4-6-13(7-5-12)21-9-14(19)11-2-3-11/h4-8,11H,2-3,9H2,1H3,(H,17,18,20). The van der Waals surface area contributed by atoms with Crippen LogP contribution in [0.3, 0.4) is 0 Å². The van der Waals surface area contributed by atoms with Crippen molar-refractivity contribution in [3.8, 4) is 5.75 Å². The molecule has 2 aromatic rings. The van der Waals surface area contributed by atoms with Crippen molar-refractivity contribution in [3.63, 3.8) is 0 Å². The van der Waals surface area contributed by atoms with E-state index in [0.29, 0.717) is 16.4 Å². The van der Waals surface area contributed by atoms with Gasteiger partial charge in [0.1, 0.15) is 12.4 Å². The van der Waals surface area contributed by atoms with Gasteiger partial charge in [-0.05, 0) is 44.0 Å². The number of anilines is 1. The zero-order valence-corrected chi connectivity index (χ0v) is 13.0. The molecule has 1 N–H and O–H groups in total. The van der Waals surface area contributed by atoms with Gasteiger partial charge in [-0.25, -0.2) is 4.98 Å². The zero-order valence-electron chi connectivity index (χ0n) is 12.2. The normalized spacial score (nSPS) is 13.7. The van der Waals surface area contributed by atoms with E-state index in [1.807, 2.05) is 6.92 Å².